The molecular weight excluding hydrogens is 242 g/mol. The summed E-state index contributed by atoms with van der Waals surface area (Å²) in [4.78, 5) is 13.6. The number of Topliss-reactive ketones (excluding diaryl/α,β-unsaturated/α-hetero) is 1. The quantitative estimate of drug-likeness (QED) is 0.767. The average Bonchev–Trinajstić information content (AvgIpc) is 2.46. The Balaban J connectivity index is 2.56. The third-order valence-corrected chi connectivity index (χ3v) is 3.43. The molecule has 1 unspecified atom stereocenters. The van der Waals surface area contributed by atoms with Gasteiger partial charge in [0.15, 0.2) is 0 Å². The van der Waals surface area contributed by atoms with Crippen molar-refractivity contribution in [2.45, 2.75) is 12.8 Å². The molecule has 0 aromatic heterocycles. The van der Waals surface area contributed by atoms with E-state index in [9.17, 15) is 4.79 Å². The number of nitrogens with zero attached hydrogens (tertiary/aromatic N) is 1. The lowest BCUT2D eigenvalue weighted by Gasteiger charge is -2.11. The molecule has 1 aromatic carbocycles. The Morgan fingerprint density at radius 1 is 1.57 bits per heavy atom. The first-order chi connectivity index (χ1) is 6.61. The zero-order chi connectivity index (χ0) is 10.3. The standard InChI is InChI=1S/C11H12BrNO/c1-7(14)8-6-13(2)10-5-3-4-9(12)11(8)10/h3-5,8H,6H2,1-2H3. The number of benzene rings is 1. The highest BCUT2D eigenvalue weighted by Crippen LogP contribution is 2.40. The lowest BCUT2D eigenvalue weighted by atomic mass is 9.98. The van der Waals surface area contributed by atoms with Crippen molar-refractivity contribution in [3.8, 4) is 0 Å². The van der Waals surface area contributed by atoms with E-state index in [1.165, 1.54) is 5.69 Å². The van der Waals surface area contributed by atoms with Crippen LogP contribution in [0.1, 0.15) is 18.4 Å². The van der Waals surface area contributed by atoms with E-state index in [-0.39, 0.29) is 11.7 Å². The highest BCUT2D eigenvalue weighted by atomic mass is 79.9. The van der Waals surface area contributed by atoms with E-state index in [2.05, 4.69) is 26.9 Å². The molecule has 0 spiro atoms. The van der Waals surface area contributed by atoms with Crippen LogP contribution in [-0.2, 0) is 4.79 Å². The van der Waals surface area contributed by atoms with E-state index in [0.29, 0.717) is 0 Å². The molecule has 1 aliphatic heterocycles. The van der Waals surface area contributed by atoms with Crippen molar-refractivity contribution in [3.05, 3.63) is 28.2 Å². The monoisotopic (exact) mass is 253 g/mol. The number of hydrogen-bond donors (Lipinski definition) is 0. The van der Waals surface area contributed by atoms with Crippen LogP contribution in [0.4, 0.5) is 5.69 Å². The molecule has 0 amide bonds. The maximum absolute atomic E-state index is 11.5. The van der Waals surface area contributed by atoms with Crippen molar-refractivity contribution in [1.82, 2.24) is 0 Å². The largest absolute Gasteiger partial charge is 0.373 e. The zero-order valence-electron chi connectivity index (χ0n) is 8.25. The molecule has 1 atom stereocenters. The summed E-state index contributed by atoms with van der Waals surface area (Å²) in [6.07, 6.45) is 0. The molecule has 14 heavy (non-hydrogen) atoms. The van der Waals surface area contributed by atoms with Gasteiger partial charge in [-0.25, -0.2) is 0 Å². The number of rotatable bonds is 1. The first-order valence-corrected chi connectivity index (χ1v) is 5.40. The van der Waals surface area contributed by atoms with Gasteiger partial charge in [-0.2, -0.15) is 0 Å². The van der Waals surface area contributed by atoms with Crippen molar-refractivity contribution in [1.29, 1.82) is 0 Å². The molecular formula is C11H12BrNO. The van der Waals surface area contributed by atoms with Gasteiger partial charge in [0.05, 0.1) is 5.92 Å². The van der Waals surface area contributed by atoms with E-state index in [1.54, 1.807) is 6.92 Å². The number of likely N-dealkylation sites (N-methyl/N-ethyl adjacent to an activating group) is 1. The van der Waals surface area contributed by atoms with Crippen molar-refractivity contribution in [2.24, 2.45) is 0 Å². The molecule has 0 bridgehead atoms. The summed E-state index contributed by atoms with van der Waals surface area (Å²) in [6, 6.07) is 6.05. The summed E-state index contributed by atoms with van der Waals surface area (Å²) in [6.45, 7) is 2.46. The van der Waals surface area contributed by atoms with E-state index in [4.69, 9.17) is 0 Å². The number of carbonyl (C=O) groups is 1. The maximum atomic E-state index is 11.5. The van der Waals surface area contributed by atoms with Crippen LogP contribution in [0, 0.1) is 0 Å². The minimum atomic E-state index is 0.0329. The molecule has 2 nitrogen and oxygen atoms in total. The number of carbonyl (C=O) groups excluding carboxylic acids is 1. The summed E-state index contributed by atoms with van der Waals surface area (Å²) >= 11 is 3.50. The Labute approximate surface area is 92.0 Å². The van der Waals surface area contributed by atoms with Gasteiger partial charge < -0.3 is 4.90 Å². The van der Waals surface area contributed by atoms with Crippen molar-refractivity contribution in [3.63, 3.8) is 0 Å². The van der Waals surface area contributed by atoms with Gasteiger partial charge in [0.1, 0.15) is 5.78 Å². The maximum Gasteiger partial charge on any atom is 0.139 e. The number of fused-ring (bicyclic) bond motifs is 1. The lowest BCUT2D eigenvalue weighted by molar-refractivity contribution is -0.118. The van der Waals surface area contributed by atoms with Crippen LogP contribution in [0.25, 0.3) is 0 Å². The molecule has 1 aliphatic rings. The molecule has 1 heterocycles. The summed E-state index contributed by atoms with van der Waals surface area (Å²) in [7, 11) is 2.02. The van der Waals surface area contributed by atoms with Crippen LogP contribution in [-0.4, -0.2) is 19.4 Å². The molecule has 0 radical (unpaired) electrons. The predicted octanol–water partition coefficient (Wildman–Crippen LogP) is 2.57. The minimum absolute atomic E-state index is 0.0329. The normalized spacial score (nSPS) is 19.6. The second-order valence-electron chi connectivity index (χ2n) is 3.72. The second-order valence-corrected chi connectivity index (χ2v) is 4.57. The fourth-order valence-electron chi connectivity index (χ4n) is 2.00. The second kappa shape index (κ2) is 3.39. The predicted molar refractivity (Wildman–Crippen MR) is 60.8 cm³/mol. The van der Waals surface area contributed by atoms with Gasteiger partial charge in [-0.05, 0) is 19.1 Å². The van der Waals surface area contributed by atoms with Crippen molar-refractivity contribution >= 4 is 27.4 Å². The van der Waals surface area contributed by atoms with Crippen LogP contribution in [0.2, 0.25) is 0 Å². The Hall–Kier alpha value is -0.830. The van der Waals surface area contributed by atoms with Crippen LogP contribution < -0.4 is 4.90 Å². The van der Waals surface area contributed by atoms with Crippen LogP contribution in [0.3, 0.4) is 0 Å². The first-order valence-electron chi connectivity index (χ1n) is 4.61. The van der Waals surface area contributed by atoms with Gasteiger partial charge in [0.2, 0.25) is 0 Å². The molecule has 3 heteroatoms. The molecule has 2 rings (SSSR count). The Bertz CT molecular complexity index is 389. The highest BCUT2D eigenvalue weighted by Gasteiger charge is 2.31. The van der Waals surface area contributed by atoms with Crippen molar-refractivity contribution in [2.75, 3.05) is 18.5 Å². The molecule has 0 N–H and O–H groups in total. The Morgan fingerprint density at radius 3 is 2.93 bits per heavy atom. The molecule has 1 aromatic rings. The molecule has 74 valence electrons. The molecule has 0 aliphatic carbocycles. The van der Waals surface area contributed by atoms with E-state index >= 15 is 0 Å². The smallest absolute Gasteiger partial charge is 0.139 e. The summed E-state index contributed by atoms with van der Waals surface area (Å²) < 4.78 is 1.04. The highest BCUT2D eigenvalue weighted by molar-refractivity contribution is 9.10. The van der Waals surface area contributed by atoms with E-state index < -0.39 is 0 Å². The number of ketones is 1. The molecule has 0 saturated carbocycles. The lowest BCUT2D eigenvalue weighted by Crippen LogP contribution is -2.18. The van der Waals surface area contributed by atoms with Crippen molar-refractivity contribution < 1.29 is 4.79 Å². The Kier molecular flexibility index (Phi) is 2.35. The van der Waals surface area contributed by atoms with Crippen LogP contribution in [0.5, 0.6) is 0 Å². The van der Waals surface area contributed by atoms with Gasteiger partial charge in [0, 0.05) is 29.3 Å². The third-order valence-electron chi connectivity index (χ3n) is 2.74. The third kappa shape index (κ3) is 1.36. The summed E-state index contributed by atoms with van der Waals surface area (Å²) in [5, 5.41) is 0. The van der Waals surface area contributed by atoms with Crippen LogP contribution >= 0.6 is 15.9 Å². The molecule has 0 fully saturated rings. The van der Waals surface area contributed by atoms with Gasteiger partial charge >= 0.3 is 0 Å². The zero-order valence-corrected chi connectivity index (χ0v) is 9.84. The SMILES string of the molecule is CC(=O)C1CN(C)c2cccc(Br)c21. The Morgan fingerprint density at radius 2 is 2.29 bits per heavy atom. The summed E-state index contributed by atoms with van der Waals surface area (Å²) in [5.74, 6) is 0.271. The number of anilines is 1. The fourth-order valence-corrected chi connectivity index (χ4v) is 2.63. The average molecular weight is 254 g/mol. The summed E-state index contributed by atoms with van der Waals surface area (Å²) in [5.41, 5.74) is 2.31. The van der Waals surface area contributed by atoms with Gasteiger partial charge in [-0.3, -0.25) is 4.79 Å². The van der Waals surface area contributed by atoms with E-state index in [1.807, 2.05) is 19.2 Å². The minimum Gasteiger partial charge on any atom is -0.373 e. The fraction of sp³-hybridized carbons (Fsp3) is 0.364. The van der Waals surface area contributed by atoms with Gasteiger partial charge in [-0.1, -0.05) is 22.0 Å². The number of hydrogen-bond acceptors (Lipinski definition) is 2. The van der Waals surface area contributed by atoms with Gasteiger partial charge in [-0.15, -0.1) is 0 Å². The number of halogens is 1. The van der Waals surface area contributed by atoms with Gasteiger partial charge in [0.25, 0.3) is 0 Å². The molecule has 0 saturated heterocycles. The van der Waals surface area contributed by atoms with Crippen LogP contribution in [0.15, 0.2) is 22.7 Å². The topological polar surface area (TPSA) is 20.3 Å². The van der Waals surface area contributed by atoms with E-state index in [0.717, 1.165) is 16.6 Å². The first kappa shape index (κ1) is 9.71.